The summed E-state index contributed by atoms with van der Waals surface area (Å²) in [6.45, 7) is 1.92. The molecule has 1 N–H and O–H groups in total. The number of anilines is 1. The van der Waals surface area contributed by atoms with Crippen LogP contribution in [0.25, 0.3) is 0 Å². The SMILES string of the molecule is Cc1cc(F)ccc1NC1Cc2ccc(Cl)cc2C1. The van der Waals surface area contributed by atoms with Crippen molar-refractivity contribution in [2.24, 2.45) is 0 Å². The highest BCUT2D eigenvalue weighted by molar-refractivity contribution is 6.30. The van der Waals surface area contributed by atoms with Crippen LogP contribution in [0.5, 0.6) is 0 Å². The van der Waals surface area contributed by atoms with E-state index >= 15 is 0 Å². The molecular formula is C16H15ClFN. The topological polar surface area (TPSA) is 12.0 Å². The summed E-state index contributed by atoms with van der Waals surface area (Å²) in [5.74, 6) is -0.190. The highest BCUT2D eigenvalue weighted by Gasteiger charge is 2.21. The van der Waals surface area contributed by atoms with Gasteiger partial charge in [-0.3, -0.25) is 0 Å². The zero-order valence-corrected chi connectivity index (χ0v) is 11.5. The molecule has 1 aliphatic carbocycles. The Bertz CT molecular complexity index is 624. The van der Waals surface area contributed by atoms with Crippen molar-refractivity contribution in [2.75, 3.05) is 5.32 Å². The molecule has 0 spiro atoms. The van der Waals surface area contributed by atoms with E-state index in [9.17, 15) is 4.39 Å². The summed E-state index contributed by atoms with van der Waals surface area (Å²) in [5, 5.41) is 4.28. The molecule has 2 aromatic carbocycles. The molecule has 3 rings (SSSR count). The lowest BCUT2D eigenvalue weighted by molar-refractivity contribution is 0.626. The van der Waals surface area contributed by atoms with Gasteiger partial charge in [-0.25, -0.2) is 4.39 Å². The molecule has 0 radical (unpaired) electrons. The summed E-state index contributed by atoms with van der Waals surface area (Å²) >= 11 is 6.01. The second-order valence-electron chi connectivity index (χ2n) is 5.12. The van der Waals surface area contributed by atoms with Crippen LogP contribution in [0.3, 0.4) is 0 Å². The highest BCUT2D eigenvalue weighted by Crippen LogP contribution is 2.28. The molecule has 3 heteroatoms. The van der Waals surface area contributed by atoms with Crippen molar-refractivity contribution in [1.82, 2.24) is 0 Å². The van der Waals surface area contributed by atoms with Crippen molar-refractivity contribution >= 4 is 17.3 Å². The smallest absolute Gasteiger partial charge is 0.123 e. The Labute approximate surface area is 117 Å². The number of hydrogen-bond acceptors (Lipinski definition) is 1. The molecule has 0 amide bonds. The fourth-order valence-corrected chi connectivity index (χ4v) is 2.89. The Morgan fingerprint density at radius 2 is 1.89 bits per heavy atom. The van der Waals surface area contributed by atoms with Crippen LogP contribution < -0.4 is 5.32 Å². The largest absolute Gasteiger partial charge is 0.381 e. The van der Waals surface area contributed by atoms with Gasteiger partial charge in [-0.1, -0.05) is 17.7 Å². The quantitative estimate of drug-likeness (QED) is 0.858. The number of fused-ring (bicyclic) bond motifs is 1. The van der Waals surface area contributed by atoms with Gasteiger partial charge in [0.1, 0.15) is 5.82 Å². The third kappa shape index (κ3) is 2.59. The van der Waals surface area contributed by atoms with Gasteiger partial charge in [0.25, 0.3) is 0 Å². The van der Waals surface area contributed by atoms with Crippen LogP contribution in [0.1, 0.15) is 16.7 Å². The monoisotopic (exact) mass is 275 g/mol. The van der Waals surface area contributed by atoms with E-state index in [0.29, 0.717) is 6.04 Å². The average molecular weight is 276 g/mol. The standard InChI is InChI=1S/C16H15ClFN/c1-10-6-14(18)4-5-16(10)19-15-8-11-2-3-13(17)7-12(11)9-15/h2-7,15,19H,8-9H2,1H3. The first-order valence-corrected chi connectivity index (χ1v) is 6.79. The molecule has 0 aromatic heterocycles. The van der Waals surface area contributed by atoms with E-state index in [4.69, 9.17) is 11.6 Å². The van der Waals surface area contributed by atoms with Gasteiger partial charge in [-0.05, 0) is 66.8 Å². The third-order valence-electron chi connectivity index (χ3n) is 3.65. The van der Waals surface area contributed by atoms with Crippen LogP contribution in [0.2, 0.25) is 5.02 Å². The van der Waals surface area contributed by atoms with Gasteiger partial charge in [0.05, 0.1) is 0 Å². The molecule has 98 valence electrons. The number of hydrogen-bond donors (Lipinski definition) is 1. The van der Waals surface area contributed by atoms with Crippen molar-refractivity contribution < 1.29 is 4.39 Å². The van der Waals surface area contributed by atoms with E-state index in [0.717, 1.165) is 29.1 Å². The predicted molar refractivity (Wildman–Crippen MR) is 77.4 cm³/mol. The van der Waals surface area contributed by atoms with Crippen molar-refractivity contribution in [1.29, 1.82) is 0 Å². The lowest BCUT2D eigenvalue weighted by Crippen LogP contribution is -2.20. The maximum atomic E-state index is 13.1. The van der Waals surface area contributed by atoms with Crippen LogP contribution in [-0.4, -0.2) is 6.04 Å². The number of rotatable bonds is 2. The summed E-state index contributed by atoms with van der Waals surface area (Å²) in [6.07, 6.45) is 1.95. The molecule has 0 saturated heterocycles. The molecule has 0 saturated carbocycles. The Morgan fingerprint density at radius 1 is 1.11 bits per heavy atom. The van der Waals surface area contributed by atoms with Gasteiger partial charge < -0.3 is 5.32 Å². The lowest BCUT2D eigenvalue weighted by Gasteiger charge is -2.15. The zero-order chi connectivity index (χ0) is 13.4. The molecule has 2 aromatic rings. The third-order valence-corrected chi connectivity index (χ3v) is 3.88. The fraction of sp³-hybridized carbons (Fsp3) is 0.250. The molecule has 0 bridgehead atoms. The van der Waals surface area contributed by atoms with E-state index in [2.05, 4.69) is 11.4 Å². The minimum atomic E-state index is -0.190. The predicted octanol–water partition coefficient (Wildman–Crippen LogP) is 4.37. The molecule has 1 nitrogen and oxygen atoms in total. The Balaban J connectivity index is 1.77. The molecule has 1 aliphatic rings. The molecular weight excluding hydrogens is 261 g/mol. The highest BCUT2D eigenvalue weighted by atomic mass is 35.5. The fourth-order valence-electron chi connectivity index (χ4n) is 2.70. The van der Waals surface area contributed by atoms with Gasteiger partial charge >= 0.3 is 0 Å². The zero-order valence-electron chi connectivity index (χ0n) is 10.7. The van der Waals surface area contributed by atoms with E-state index in [-0.39, 0.29) is 5.82 Å². The van der Waals surface area contributed by atoms with E-state index in [1.807, 2.05) is 19.1 Å². The summed E-state index contributed by atoms with van der Waals surface area (Å²) in [7, 11) is 0. The molecule has 1 atom stereocenters. The minimum Gasteiger partial charge on any atom is -0.381 e. The molecule has 0 aliphatic heterocycles. The van der Waals surface area contributed by atoms with Crippen LogP contribution >= 0.6 is 11.6 Å². The molecule has 19 heavy (non-hydrogen) atoms. The normalized spacial score (nSPS) is 17.3. The second-order valence-corrected chi connectivity index (χ2v) is 5.56. The number of halogens is 2. The number of nitrogens with one attached hydrogen (secondary N) is 1. The van der Waals surface area contributed by atoms with Crippen molar-refractivity contribution in [3.8, 4) is 0 Å². The van der Waals surface area contributed by atoms with Crippen molar-refractivity contribution in [3.05, 3.63) is 63.9 Å². The molecule has 0 fully saturated rings. The van der Waals surface area contributed by atoms with Crippen LogP contribution in [0, 0.1) is 12.7 Å². The lowest BCUT2D eigenvalue weighted by atomic mass is 10.1. The first kappa shape index (κ1) is 12.5. The van der Waals surface area contributed by atoms with Crippen molar-refractivity contribution in [3.63, 3.8) is 0 Å². The van der Waals surface area contributed by atoms with Crippen molar-refractivity contribution in [2.45, 2.75) is 25.8 Å². The summed E-state index contributed by atoms with van der Waals surface area (Å²) in [6, 6.07) is 11.3. The van der Waals surface area contributed by atoms with E-state index < -0.39 is 0 Å². The summed E-state index contributed by atoms with van der Waals surface area (Å²) < 4.78 is 13.1. The van der Waals surface area contributed by atoms with Crippen LogP contribution in [0.4, 0.5) is 10.1 Å². The van der Waals surface area contributed by atoms with Gasteiger partial charge in [0, 0.05) is 16.8 Å². The van der Waals surface area contributed by atoms with Crippen LogP contribution in [-0.2, 0) is 12.8 Å². The Hall–Kier alpha value is -1.54. The van der Waals surface area contributed by atoms with Gasteiger partial charge in [-0.15, -0.1) is 0 Å². The molecule has 0 heterocycles. The first-order valence-electron chi connectivity index (χ1n) is 6.42. The number of benzene rings is 2. The first-order chi connectivity index (χ1) is 9.11. The average Bonchev–Trinajstić information content (AvgIpc) is 2.74. The van der Waals surface area contributed by atoms with Gasteiger partial charge in [0.15, 0.2) is 0 Å². The second kappa shape index (κ2) is 4.86. The Kier molecular flexibility index (Phi) is 3.19. The maximum Gasteiger partial charge on any atom is 0.123 e. The number of aryl methyl sites for hydroxylation is 1. The van der Waals surface area contributed by atoms with Gasteiger partial charge in [0.2, 0.25) is 0 Å². The maximum absolute atomic E-state index is 13.1. The van der Waals surface area contributed by atoms with Gasteiger partial charge in [-0.2, -0.15) is 0 Å². The Morgan fingerprint density at radius 3 is 2.68 bits per heavy atom. The summed E-state index contributed by atoms with van der Waals surface area (Å²) in [5.41, 5.74) is 4.60. The van der Waals surface area contributed by atoms with E-state index in [1.54, 1.807) is 12.1 Å². The van der Waals surface area contributed by atoms with E-state index in [1.165, 1.54) is 17.2 Å². The summed E-state index contributed by atoms with van der Waals surface area (Å²) in [4.78, 5) is 0. The molecule has 1 unspecified atom stereocenters. The minimum absolute atomic E-state index is 0.190. The van der Waals surface area contributed by atoms with Crippen LogP contribution in [0.15, 0.2) is 36.4 Å².